The molecule has 0 saturated heterocycles. The number of aromatic nitrogens is 2. The third-order valence-corrected chi connectivity index (χ3v) is 13.0. The summed E-state index contributed by atoms with van der Waals surface area (Å²) in [5, 5.41) is 2.33. The van der Waals surface area contributed by atoms with Crippen LogP contribution in [0.3, 0.4) is 0 Å². The zero-order chi connectivity index (χ0) is 45.2. The predicted molar refractivity (Wildman–Crippen MR) is 270 cm³/mol. The molecule has 5 nitrogen and oxygen atoms in total. The lowest BCUT2D eigenvalue weighted by Crippen LogP contribution is -2.31. The van der Waals surface area contributed by atoms with E-state index in [1.165, 1.54) is 50.2 Å². The van der Waals surface area contributed by atoms with E-state index in [2.05, 4.69) is 248 Å². The fraction of sp³-hybridized carbons (Fsp3) is 0.271. The van der Waals surface area contributed by atoms with E-state index in [1.807, 2.05) is 6.20 Å². The Bertz CT molecular complexity index is 3030. The van der Waals surface area contributed by atoms with Gasteiger partial charge >= 0.3 is 0 Å². The maximum atomic E-state index is 6.99. The second-order valence-corrected chi connectivity index (χ2v) is 21.2. The molecule has 9 rings (SSSR count). The first-order chi connectivity index (χ1) is 30.3. The molecule has 8 aromatic rings. The van der Waals surface area contributed by atoms with Gasteiger partial charge in [-0.05, 0) is 105 Å². The first-order valence-corrected chi connectivity index (χ1v) is 22.7. The van der Waals surface area contributed by atoms with E-state index in [9.17, 15) is 0 Å². The van der Waals surface area contributed by atoms with Crippen LogP contribution >= 0.6 is 0 Å². The second kappa shape index (κ2) is 15.9. The highest BCUT2D eigenvalue weighted by Gasteiger charge is 2.33. The van der Waals surface area contributed by atoms with Crippen LogP contribution in [0.1, 0.15) is 98.4 Å². The minimum atomic E-state index is -0.148. The highest BCUT2D eigenvalue weighted by atomic mass is 16.5. The fourth-order valence-electron chi connectivity index (χ4n) is 9.05. The van der Waals surface area contributed by atoms with E-state index in [1.54, 1.807) is 0 Å². The van der Waals surface area contributed by atoms with Crippen molar-refractivity contribution in [2.24, 2.45) is 5.41 Å². The molecule has 64 heavy (non-hydrogen) atoms. The van der Waals surface area contributed by atoms with Crippen LogP contribution in [0.4, 0.5) is 11.4 Å². The second-order valence-electron chi connectivity index (χ2n) is 21.2. The molecule has 0 saturated carbocycles. The Morgan fingerprint density at radius 3 is 1.86 bits per heavy atom. The third kappa shape index (κ3) is 8.20. The minimum absolute atomic E-state index is 0.0283. The molecule has 2 aromatic heterocycles. The monoisotopic (exact) mass is 842 g/mol. The number of pyridine rings is 1. The Balaban J connectivity index is 1.11. The van der Waals surface area contributed by atoms with Crippen molar-refractivity contribution in [3.05, 3.63) is 192 Å². The molecular formula is C59H62N4O. The van der Waals surface area contributed by atoms with Crippen molar-refractivity contribution in [3.8, 4) is 28.4 Å². The molecule has 0 atom stereocenters. The molecule has 3 heterocycles. The van der Waals surface area contributed by atoms with Gasteiger partial charge in [0.25, 0.3) is 0 Å². The molecule has 1 aliphatic rings. The molecule has 0 amide bonds. The van der Waals surface area contributed by atoms with Crippen LogP contribution in [-0.4, -0.2) is 16.2 Å². The molecule has 0 fully saturated rings. The minimum Gasteiger partial charge on any atom is -0.457 e. The quantitative estimate of drug-likeness (QED) is 0.153. The number of benzene rings is 6. The maximum Gasteiger partial charge on any atom is 0.137 e. The average Bonchev–Trinajstić information content (AvgIpc) is 3.87. The van der Waals surface area contributed by atoms with Crippen molar-refractivity contribution in [3.63, 3.8) is 0 Å². The van der Waals surface area contributed by atoms with Gasteiger partial charge in [-0.3, -0.25) is 4.57 Å². The van der Waals surface area contributed by atoms with Gasteiger partial charge in [0.2, 0.25) is 0 Å². The van der Waals surface area contributed by atoms with Crippen LogP contribution < -0.4 is 14.5 Å². The summed E-state index contributed by atoms with van der Waals surface area (Å²) in [6.07, 6.45) is 4.28. The van der Waals surface area contributed by atoms with Crippen molar-refractivity contribution < 1.29 is 4.74 Å². The molecule has 0 radical (unpaired) electrons. The molecule has 324 valence electrons. The number of nitrogens with zero attached hydrogens (tertiary/aromatic N) is 4. The standard InChI is InChI=1S/C59H62N4O/c1-56(2,3)43-29-30-60-55(35-43)63-52-28-25-41(40-19-14-12-15-20-40)31-51(52)50-27-26-48(37-53(50)63)64-49-34-45(57(4,5)6)33-47(36-49)61-38-54(58(7,8)9)62(39-61)46-24-18-23-44(32-46)59(10,11)42-21-16-13-17-22-42/h12-38H,39H2,1-11H3. The van der Waals surface area contributed by atoms with Crippen molar-refractivity contribution in [2.75, 3.05) is 16.5 Å². The summed E-state index contributed by atoms with van der Waals surface area (Å²) in [6.45, 7) is 25.8. The van der Waals surface area contributed by atoms with E-state index in [0.717, 1.165) is 39.4 Å². The number of ether oxygens (including phenoxy) is 1. The normalized spacial score (nSPS) is 13.8. The van der Waals surface area contributed by atoms with Crippen LogP contribution in [-0.2, 0) is 16.2 Å². The molecule has 0 spiro atoms. The smallest absolute Gasteiger partial charge is 0.137 e. The molecule has 6 aromatic carbocycles. The molecule has 0 bridgehead atoms. The van der Waals surface area contributed by atoms with Crippen LogP contribution in [0.2, 0.25) is 0 Å². The Hall–Kier alpha value is -6.59. The molecule has 5 heteroatoms. The van der Waals surface area contributed by atoms with E-state index < -0.39 is 0 Å². The highest BCUT2D eigenvalue weighted by molar-refractivity contribution is 6.10. The third-order valence-electron chi connectivity index (χ3n) is 13.0. The summed E-state index contributed by atoms with van der Waals surface area (Å²) in [6, 6.07) is 54.9. The SMILES string of the molecule is CC(C)(C)C1=CN(c2cc(Oc3ccc4c5cc(-c6ccccc6)ccc5n(-c5cc(C(C)(C)C)ccn5)c4c3)cc(C(C)(C)C)c2)CN1c1cccc(C(C)(C)c2ccccc2)c1. The van der Waals surface area contributed by atoms with Crippen LogP contribution in [0.15, 0.2) is 170 Å². The van der Waals surface area contributed by atoms with Crippen LogP contribution in [0.25, 0.3) is 38.8 Å². The Labute approximate surface area is 380 Å². The Kier molecular flexibility index (Phi) is 10.6. The number of fused-ring (bicyclic) bond motifs is 3. The molecule has 0 N–H and O–H groups in total. The fourth-order valence-corrected chi connectivity index (χ4v) is 9.05. The lowest BCUT2D eigenvalue weighted by molar-refractivity contribution is 0.479. The lowest BCUT2D eigenvalue weighted by atomic mass is 9.78. The molecule has 0 unspecified atom stereocenters. The van der Waals surface area contributed by atoms with Gasteiger partial charge < -0.3 is 14.5 Å². The average molecular weight is 843 g/mol. The number of anilines is 2. The first kappa shape index (κ1) is 42.7. The zero-order valence-corrected chi connectivity index (χ0v) is 39.5. The van der Waals surface area contributed by atoms with Crippen LogP contribution in [0.5, 0.6) is 11.5 Å². The van der Waals surface area contributed by atoms with Crippen molar-refractivity contribution in [1.29, 1.82) is 0 Å². The maximum absolute atomic E-state index is 6.99. The summed E-state index contributed by atoms with van der Waals surface area (Å²) in [5.41, 5.74) is 12.7. The van der Waals surface area contributed by atoms with Gasteiger partial charge in [0.1, 0.15) is 17.3 Å². The Morgan fingerprint density at radius 2 is 1.16 bits per heavy atom. The zero-order valence-electron chi connectivity index (χ0n) is 39.5. The lowest BCUT2D eigenvalue weighted by Gasteiger charge is -2.33. The summed E-state index contributed by atoms with van der Waals surface area (Å²) in [7, 11) is 0. The van der Waals surface area contributed by atoms with E-state index in [-0.39, 0.29) is 21.7 Å². The van der Waals surface area contributed by atoms with E-state index in [4.69, 9.17) is 9.72 Å². The summed E-state index contributed by atoms with van der Waals surface area (Å²) in [4.78, 5) is 9.84. The molecule has 1 aliphatic heterocycles. The number of hydrogen-bond acceptors (Lipinski definition) is 4. The van der Waals surface area contributed by atoms with Gasteiger partial charge in [-0.25, -0.2) is 4.98 Å². The van der Waals surface area contributed by atoms with E-state index >= 15 is 0 Å². The highest BCUT2D eigenvalue weighted by Crippen LogP contribution is 2.43. The molecular weight excluding hydrogens is 781 g/mol. The summed E-state index contributed by atoms with van der Waals surface area (Å²) in [5.74, 6) is 2.47. The van der Waals surface area contributed by atoms with Crippen molar-refractivity contribution >= 4 is 33.2 Å². The Morgan fingerprint density at radius 1 is 0.469 bits per heavy atom. The van der Waals surface area contributed by atoms with E-state index in [0.29, 0.717) is 6.67 Å². The largest absolute Gasteiger partial charge is 0.457 e. The number of allylic oxidation sites excluding steroid dienone is 1. The van der Waals surface area contributed by atoms with Gasteiger partial charge in [-0.2, -0.15) is 0 Å². The van der Waals surface area contributed by atoms with Gasteiger partial charge in [0.05, 0.1) is 17.7 Å². The van der Waals surface area contributed by atoms with Gasteiger partial charge in [-0.1, -0.05) is 155 Å². The summed E-state index contributed by atoms with van der Waals surface area (Å²) >= 11 is 0. The van der Waals surface area contributed by atoms with Crippen molar-refractivity contribution in [1.82, 2.24) is 9.55 Å². The van der Waals surface area contributed by atoms with Crippen molar-refractivity contribution in [2.45, 2.75) is 92.4 Å². The number of rotatable bonds is 8. The first-order valence-electron chi connectivity index (χ1n) is 22.7. The van der Waals surface area contributed by atoms with Gasteiger partial charge in [0.15, 0.2) is 0 Å². The predicted octanol–water partition coefficient (Wildman–Crippen LogP) is 15.7. The number of hydrogen-bond donors (Lipinski definition) is 0. The topological polar surface area (TPSA) is 33.5 Å². The summed E-state index contributed by atoms with van der Waals surface area (Å²) < 4.78 is 9.28. The molecule has 0 aliphatic carbocycles. The van der Waals surface area contributed by atoms with Crippen LogP contribution in [0, 0.1) is 5.41 Å². The van der Waals surface area contributed by atoms with Gasteiger partial charge in [-0.15, -0.1) is 0 Å². The van der Waals surface area contributed by atoms with Gasteiger partial charge in [0, 0.05) is 63.2 Å².